The number of fused-ring (bicyclic) bond motifs is 9. The minimum Gasteiger partial charge on any atom is -0.501 e. The first-order valence-electron chi connectivity index (χ1n) is 18.9. The average Bonchev–Trinajstić information content (AvgIpc) is 3.56. The molecule has 5 heteroatoms. The molecule has 0 atom stereocenters. The molecule has 3 heterocycles. The first-order valence-corrected chi connectivity index (χ1v) is 21.9. The molecule has 1 radical (unpaired) electrons. The summed E-state index contributed by atoms with van der Waals surface area (Å²) in [5.74, 6) is -0.192. The van der Waals surface area contributed by atoms with E-state index in [1.54, 1.807) is 6.20 Å². The summed E-state index contributed by atoms with van der Waals surface area (Å²) in [6.45, 7) is 15.2. The molecule has 0 saturated heterocycles. The van der Waals surface area contributed by atoms with Gasteiger partial charge in [-0.1, -0.05) is 164 Å². The molecule has 0 aliphatic rings. The summed E-state index contributed by atoms with van der Waals surface area (Å²) >= 11 is 0. The summed E-state index contributed by atoms with van der Waals surface area (Å²) in [6.07, 6.45) is 3.67. The number of pyridine rings is 2. The Balaban J connectivity index is 0.000000166. The van der Waals surface area contributed by atoms with E-state index in [9.17, 15) is 0 Å². The molecule has 0 aliphatic heterocycles. The van der Waals surface area contributed by atoms with E-state index in [0.717, 1.165) is 50.0 Å². The van der Waals surface area contributed by atoms with Crippen molar-refractivity contribution in [2.45, 2.75) is 59.1 Å². The molecule has 54 heavy (non-hydrogen) atoms. The largest absolute Gasteiger partial charge is 0.501 e. The van der Waals surface area contributed by atoms with E-state index < -0.39 is 14.0 Å². The van der Waals surface area contributed by atoms with Crippen LogP contribution in [-0.4, -0.2) is 18.0 Å². The van der Waals surface area contributed by atoms with Crippen LogP contribution in [0.5, 0.6) is 0 Å². The zero-order valence-corrected chi connectivity index (χ0v) is 35.2. The third-order valence-corrected chi connectivity index (χ3v) is 12.3. The maximum absolute atomic E-state index is 8.31. The summed E-state index contributed by atoms with van der Waals surface area (Å²) in [6, 6.07) is 47.2. The Kier molecular flexibility index (Phi) is 10.1. The van der Waals surface area contributed by atoms with Crippen LogP contribution in [0.1, 0.15) is 52.0 Å². The Morgan fingerprint density at radius 2 is 1.22 bits per heavy atom. The Bertz CT molecular complexity index is 2810. The van der Waals surface area contributed by atoms with Crippen LogP contribution < -0.4 is 5.19 Å². The van der Waals surface area contributed by atoms with Gasteiger partial charge in [0.25, 0.3) is 0 Å². The first-order chi connectivity index (χ1) is 25.9. The van der Waals surface area contributed by atoms with Gasteiger partial charge in [-0.3, -0.25) is 0 Å². The van der Waals surface area contributed by atoms with Gasteiger partial charge < -0.3 is 14.4 Å². The number of aromatic nitrogens is 2. The van der Waals surface area contributed by atoms with Gasteiger partial charge >= 0.3 is 0 Å². The molecule has 0 N–H and O–H groups in total. The van der Waals surface area contributed by atoms with Crippen molar-refractivity contribution < 1.29 is 25.9 Å². The van der Waals surface area contributed by atoms with Gasteiger partial charge in [-0.15, -0.1) is 42.0 Å². The molecule has 0 fully saturated rings. The van der Waals surface area contributed by atoms with Crippen molar-refractivity contribution in [2.24, 2.45) is 0 Å². The fourth-order valence-electron chi connectivity index (χ4n) is 7.22. The van der Waals surface area contributed by atoms with E-state index in [-0.39, 0.29) is 20.1 Å². The van der Waals surface area contributed by atoms with Crippen molar-refractivity contribution in [3.63, 3.8) is 0 Å². The standard InChI is InChI=1S/C26H20N.C23H24NOSi.Ir/c1-17(2)18-13-14-27-26(16-18)19-11-12-24-22-9-4-3-7-20(22)21-8-5-6-10-23(21)25(24)15-19;1-15(2)16-11-12-24-21(13-16)20-8-6-7-19-18-10-9-17(26(3,4)5)14-22(18)25-23(19)20;/h3-10,12-17H,1-2H3;6-7,9-15H,1-5H3;/q2*-1;/i;15D;. The fraction of sp³-hybridized carbons (Fsp3) is 0.184. The monoisotopic (exact) mass is 898 g/mol. The zero-order chi connectivity index (χ0) is 37.8. The van der Waals surface area contributed by atoms with E-state index in [0.29, 0.717) is 5.92 Å². The van der Waals surface area contributed by atoms with Crippen LogP contribution in [0.3, 0.4) is 0 Å². The molecule has 0 aliphatic carbocycles. The second-order valence-electron chi connectivity index (χ2n) is 15.5. The molecule has 0 bridgehead atoms. The van der Waals surface area contributed by atoms with Crippen molar-refractivity contribution >= 4 is 67.5 Å². The molecule has 6 aromatic carbocycles. The minimum absolute atomic E-state index is 0. The van der Waals surface area contributed by atoms with Crippen molar-refractivity contribution in [2.75, 3.05) is 0 Å². The van der Waals surface area contributed by atoms with Crippen molar-refractivity contribution in [1.29, 1.82) is 0 Å². The maximum atomic E-state index is 8.31. The smallest absolute Gasteiger partial charge is 0.120 e. The van der Waals surface area contributed by atoms with Crippen LogP contribution in [0.2, 0.25) is 19.6 Å². The molecule has 271 valence electrons. The third kappa shape index (κ3) is 7.05. The molecule has 0 unspecified atom stereocenters. The SMILES string of the molecule is CC(C)c1ccnc(-c2[c-]cc3c4ccccc4c4ccccc4c3c2)c1.[2H]C(C)(C)c1ccnc(-c2[c-]ccc3c2oc2cc([Si](C)(C)C)ccc23)c1.[Ir]. The van der Waals surface area contributed by atoms with Crippen LogP contribution in [0.4, 0.5) is 0 Å². The third-order valence-electron chi connectivity index (χ3n) is 10.3. The van der Waals surface area contributed by atoms with E-state index in [2.05, 4.69) is 153 Å². The van der Waals surface area contributed by atoms with Crippen LogP contribution in [0.15, 0.2) is 132 Å². The normalized spacial score (nSPS) is 12.3. The molecular formula is C49H44IrN2OSi-2. The maximum Gasteiger partial charge on any atom is 0.120 e. The zero-order valence-electron chi connectivity index (χ0n) is 32.8. The predicted octanol–water partition coefficient (Wildman–Crippen LogP) is 13.2. The van der Waals surface area contributed by atoms with E-state index >= 15 is 0 Å². The Hall–Kier alpha value is -4.93. The van der Waals surface area contributed by atoms with E-state index in [4.69, 9.17) is 5.79 Å². The molecule has 0 amide bonds. The summed E-state index contributed by atoms with van der Waals surface area (Å²) < 4.78 is 14.6. The van der Waals surface area contributed by atoms with Crippen LogP contribution in [0.25, 0.3) is 76.8 Å². The molecule has 0 saturated carbocycles. The average molecular weight is 898 g/mol. The van der Waals surface area contributed by atoms with E-state index in [1.165, 1.54) is 43.1 Å². The second kappa shape index (κ2) is 15.1. The van der Waals surface area contributed by atoms with Gasteiger partial charge in [0, 0.05) is 39.3 Å². The van der Waals surface area contributed by atoms with Crippen molar-refractivity contribution in [1.82, 2.24) is 9.97 Å². The van der Waals surface area contributed by atoms with Gasteiger partial charge in [0.15, 0.2) is 0 Å². The van der Waals surface area contributed by atoms with Crippen LogP contribution in [0, 0.1) is 12.1 Å². The summed E-state index contributed by atoms with van der Waals surface area (Å²) in [7, 11) is -1.41. The summed E-state index contributed by atoms with van der Waals surface area (Å²) in [5.41, 5.74) is 7.64. The van der Waals surface area contributed by atoms with Gasteiger partial charge in [0.1, 0.15) is 5.58 Å². The molecule has 3 aromatic heterocycles. The molecule has 0 spiro atoms. The molecule has 3 nitrogen and oxygen atoms in total. The number of benzene rings is 6. The molecule has 9 rings (SSSR count). The fourth-order valence-corrected chi connectivity index (χ4v) is 8.37. The van der Waals surface area contributed by atoms with E-state index in [1.807, 2.05) is 38.2 Å². The second-order valence-corrected chi connectivity index (χ2v) is 20.6. The minimum atomic E-state index is -1.41. The van der Waals surface area contributed by atoms with Crippen molar-refractivity contribution in [3.8, 4) is 22.5 Å². The number of nitrogens with zero attached hydrogens (tertiary/aromatic N) is 2. The first kappa shape index (κ1) is 36.1. The number of furan rings is 1. The van der Waals surface area contributed by atoms with Crippen molar-refractivity contribution in [3.05, 3.63) is 151 Å². The Morgan fingerprint density at radius 1 is 0.611 bits per heavy atom. The van der Waals surface area contributed by atoms with Gasteiger partial charge in [-0.05, 0) is 57.6 Å². The Morgan fingerprint density at radius 3 is 1.87 bits per heavy atom. The predicted molar refractivity (Wildman–Crippen MR) is 228 cm³/mol. The molecule has 9 aromatic rings. The summed E-state index contributed by atoms with van der Waals surface area (Å²) in [4.78, 5) is 9.14. The number of hydrogen-bond donors (Lipinski definition) is 0. The van der Waals surface area contributed by atoms with Gasteiger partial charge in [-0.2, -0.15) is 0 Å². The van der Waals surface area contributed by atoms with Crippen LogP contribution in [-0.2, 0) is 20.1 Å². The quantitative estimate of drug-likeness (QED) is 0.0981. The van der Waals surface area contributed by atoms with Gasteiger partial charge in [0.05, 0.1) is 13.7 Å². The summed E-state index contributed by atoms with van der Waals surface area (Å²) in [5, 5.41) is 11.2. The van der Waals surface area contributed by atoms with Gasteiger partial charge in [0.2, 0.25) is 0 Å². The number of hydrogen-bond acceptors (Lipinski definition) is 3. The Labute approximate surface area is 334 Å². The van der Waals surface area contributed by atoms with Gasteiger partial charge in [-0.25, -0.2) is 0 Å². The number of rotatable bonds is 5. The van der Waals surface area contributed by atoms with Crippen LogP contribution >= 0.6 is 0 Å². The molecular weight excluding hydrogens is 853 g/mol. The topological polar surface area (TPSA) is 38.9 Å².